The second-order valence-electron chi connectivity index (χ2n) is 9.31. The monoisotopic (exact) mass is 548 g/mol. The van der Waals surface area contributed by atoms with Crippen LogP contribution in [-0.4, -0.2) is 34.7 Å². The summed E-state index contributed by atoms with van der Waals surface area (Å²) in [5, 5.41) is 20.8. The number of hydrogen-bond donors (Lipinski definition) is 2. The predicted molar refractivity (Wildman–Crippen MR) is 136 cm³/mol. The molecule has 2 N–H and O–H groups in total. The summed E-state index contributed by atoms with van der Waals surface area (Å²) in [6.07, 6.45) is 7.71. The van der Waals surface area contributed by atoms with E-state index in [9.17, 15) is 10.2 Å². The normalized spacial score (nSPS) is 20.1. The first-order valence-corrected chi connectivity index (χ1v) is 12.2. The lowest BCUT2D eigenvalue weighted by Crippen LogP contribution is -2.27. The molecular formula is C25H30Br2N2O2. The van der Waals surface area contributed by atoms with Gasteiger partial charge in [0.05, 0.1) is 21.0 Å². The molecule has 0 unspecified atom stereocenters. The van der Waals surface area contributed by atoms with Gasteiger partial charge >= 0.3 is 0 Å². The molecule has 2 atom stereocenters. The van der Waals surface area contributed by atoms with E-state index in [1.807, 2.05) is 31.2 Å². The molecule has 1 fully saturated rings. The summed E-state index contributed by atoms with van der Waals surface area (Å²) >= 11 is 6.87. The number of benzene rings is 2. The number of aromatic hydroxyl groups is 2. The summed E-state index contributed by atoms with van der Waals surface area (Å²) in [6, 6.07) is 7.89. The summed E-state index contributed by atoms with van der Waals surface area (Å²) < 4.78 is 1.35. The molecule has 0 amide bonds. The van der Waals surface area contributed by atoms with E-state index in [2.05, 4.69) is 52.6 Å². The topological polar surface area (TPSA) is 65.2 Å². The zero-order chi connectivity index (χ0) is 22.8. The van der Waals surface area contributed by atoms with Gasteiger partial charge in [0.25, 0.3) is 0 Å². The molecule has 2 aromatic carbocycles. The summed E-state index contributed by atoms with van der Waals surface area (Å²) in [7, 11) is 0. The molecule has 0 saturated heterocycles. The van der Waals surface area contributed by atoms with Crippen molar-refractivity contribution in [1.29, 1.82) is 0 Å². The average molecular weight is 550 g/mol. The first-order chi connectivity index (χ1) is 14.6. The molecule has 3 rings (SSSR count). The van der Waals surface area contributed by atoms with E-state index in [0.29, 0.717) is 20.1 Å². The summed E-state index contributed by atoms with van der Waals surface area (Å²) in [5.41, 5.74) is 3.59. The van der Waals surface area contributed by atoms with Gasteiger partial charge in [-0.25, -0.2) is 0 Å². The summed E-state index contributed by atoms with van der Waals surface area (Å²) in [4.78, 5) is 9.63. The second-order valence-corrected chi connectivity index (χ2v) is 11.0. The Hall–Kier alpha value is -1.66. The first-order valence-electron chi connectivity index (χ1n) is 10.6. The molecule has 6 heteroatoms. The Morgan fingerprint density at radius 1 is 0.839 bits per heavy atom. The van der Waals surface area contributed by atoms with Crippen molar-refractivity contribution in [1.82, 2.24) is 0 Å². The maximum absolute atomic E-state index is 10.5. The minimum atomic E-state index is -0.0272. The van der Waals surface area contributed by atoms with Crippen molar-refractivity contribution in [3.8, 4) is 11.5 Å². The molecule has 0 radical (unpaired) electrons. The number of hydrogen-bond acceptors (Lipinski definition) is 4. The van der Waals surface area contributed by atoms with Gasteiger partial charge < -0.3 is 10.2 Å². The quantitative estimate of drug-likeness (QED) is 0.400. The molecule has 1 saturated carbocycles. The van der Waals surface area contributed by atoms with Gasteiger partial charge in [-0.2, -0.15) is 0 Å². The summed E-state index contributed by atoms with van der Waals surface area (Å²) in [6.45, 7) is 8.44. The molecule has 0 bridgehead atoms. The van der Waals surface area contributed by atoms with Gasteiger partial charge in [-0.1, -0.05) is 33.6 Å². The van der Waals surface area contributed by atoms with Gasteiger partial charge in [-0.3, -0.25) is 9.98 Å². The number of aliphatic imine (C=N–C) groups is 2. The highest BCUT2D eigenvalue weighted by Gasteiger charge is 2.24. The van der Waals surface area contributed by atoms with Crippen molar-refractivity contribution in [3.05, 3.63) is 55.5 Å². The maximum Gasteiger partial charge on any atom is 0.138 e. The zero-order valence-electron chi connectivity index (χ0n) is 18.5. The molecule has 4 nitrogen and oxygen atoms in total. The largest absolute Gasteiger partial charge is 0.506 e. The molecule has 0 aliphatic heterocycles. The third-order valence-electron chi connectivity index (χ3n) is 5.70. The van der Waals surface area contributed by atoms with Crippen LogP contribution in [0.15, 0.2) is 43.2 Å². The Bertz CT molecular complexity index is 1010. The number of phenols is 2. The van der Waals surface area contributed by atoms with Crippen molar-refractivity contribution in [2.75, 3.05) is 0 Å². The van der Waals surface area contributed by atoms with Crippen molar-refractivity contribution >= 4 is 44.3 Å². The number of halogens is 2. The number of phenolic OH excluding ortho intramolecular Hbond substituents is 2. The molecule has 31 heavy (non-hydrogen) atoms. The standard InChI is InChI=1S/C25H30Br2N2O2/c1-15-9-16(23(30)19(26)10-15)13-28-21-7-5-6-8-22(21)29-14-17-11-18(25(2,3)4)12-20(27)24(17)31/h9-14,21-22,30-31H,5-8H2,1-4H3/b28-13+,29-14+/t21-,22-/m1/s1. The van der Waals surface area contributed by atoms with Crippen molar-refractivity contribution in [2.45, 2.75) is 70.9 Å². The Kier molecular flexibility index (Phi) is 7.63. The third-order valence-corrected chi connectivity index (χ3v) is 6.91. The Balaban J connectivity index is 1.85. The van der Waals surface area contributed by atoms with Gasteiger partial charge in [0.1, 0.15) is 11.5 Å². The van der Waals surface area contributed by atoms with Crippen molar-refractivity contribution in [3.63, 3.8) is 0 Å². The minimum Gasteiger partial charge on any atom is -0.506 e. The van der Waals surface area contributed by atoms with Gasteiger partial charge in [0.2, 0.25) is 0 Å². The highest BCUT2D eigenvalue weighted by atomic mass is 79.9. The van der Waals surface area contributed by atoms with E-state index in [-0.39, 0.29) is 29.0 Å². The Morgan fingerprint density at radius 2 is 1.32 bits per heavy atom. The molecule has 166 valence electrons. The highest BCUT2D eigenvalue weighted by Crippen LogP contribution is 2.34. The van der Waals surface area contributed by atoms with Crippen LogP contribution in [0.1, 0.15) is 68.7 Å². The van der Waals surface area contributed by atoms with Crippen molar-refractivity contribution in [2.24, 2.45) is 9.98 Å². The minimum absolute atomic E-state index is 0.0272. The molecular weight excluding hydrogens is 520 g/mol. The fraction of sp³-hybridized carbons (Fsp3) is 0.440. The van der Waals surface area contributed by atoms with E-state index in [4.69, 9.17) is 9.98 Å². The summed E-state index contributed by atoms with van der Waals surface area (Å²) in [5.74, 6) is 0.418. The smallest absolute Gasteiger partial charge is 0.138 e. The third kappa shape index (κ3) is 5.98. The van der Waals surface area contributed by atoms with Crippen LogP contribution >= 0.6 is 31.9 Å². The lowest BCUT2D eigenvalue weighted by Gasteiger charge is -2.26. The van der Waals surface area contributed by atoms with Crippen molar-refractivity contribution < 1.29 is 10.2 Å². The van der Waals surface area contributed by atoms with Crippen LogP contribution in [0.5, 0.6) is 11.5 Å². The SMILES string of the molecule is Cc1cc(Br)c(O)c(/C=N/[C@@H]2CCCC[C@H]2/N=C/c2cc(C(C)(C)C)cc(Br)c2O)c1. The molecule has 0 heterocycles. The first kappa shape index (κ1) is 24.0. The van der Waals surface area contributed by atoms with Crippen LogP contribution in [0.4, 0.5) is 0 Å². The lowest BCUT2D eigenvalue weighted by molar-refractivity contribution is 0.390. The fourth-order valence-corrected chi connectivity index (χ4v) is 4.87. The van der Waals surface area contributed by atoms with E-state index >= 15 is 0 Å². The number of rotatable bonds is 4. The van der Waals surface area contributed by atoms with Crippen LogP contribution in [-0.2, 0) is 5.41 Å². The van der Waals surface area contributed by atoms with Gasteiger partial charge in [0.15, 0.2) is 0 Å². The molecule has 1 aliphatic rings. The highest BCUT2D eigenvalue weighted by molar-refractivity contribution is 9.10. The second kappa shape index (κ2) is 9.86. The van der Waals surface area contributed by atoms with E-state index in [1.165, 1.54) is 0 Å². The maximum atomic E-state index is 10.5. The molecule has 2 aromatic rings. The number of aryl methyl sites for hydroxylation is 1. The predicted octanol–water partition coefficient (Wildman–Crippen LogP) is 7.08. The fourth-order valence-electron chi connectivity index (χ4n) is 3.80. The van der Waals surface area contributed by atoms with Crippen LogP contribution in [0.25, 0.3) is 0 Å². The average Bonchev–Trinajstić information content (AvgIpc) is 2.70. The van der Waals surface area contributed by atoms with E-state index < -0.39 is 0 Å². The molecule has 1 aliphatic carbocycles. The molecule has 0 spiro atoms. The Labute approximate surface area is 201 Å². The van der Waals surface area contributed by atoms with E-state index in [1.54, 1.807) is 12.4 Å². The van der Waals surface area contributed by atoms with Crippen LogP contribution in [0.2, 0.25) is 0 Å². The van der Waals surface area contributed by atoms with Gasteiger partial charge in [0, 0.05) is 23.6 Å². The molecule has 0 aromatic heterocycles. The lowest BCUT2D eigenvalue weighted by atomic mass is 9.86. The Morgan fingerprint density at radius 3 is 1.84 bits per heavy atom. The van der Waals surface area contributed by atoms with Crippen LogP contribution in [0, 0.1) is 6.92 Å². The van der Waals surface area contributed by atoms with Crippen LogP contribution in [0.3, 0.4) is 0 Å². The zero-order valence-corrected chi connectivity index (χ0v) is 21.7. The number of nitrogens with zero attached hydrogens (tertiary/aromatic N) is 2. The van der Waals surface area contributed by atoms with Gasteiger partial charge in [-0.05, 0) is 92.4 Å². The van der Waals surface area contributed by atoms with E-state index in [0.717, 1.165) is 36.8 Å². The van der Waals surface area contributed by atoms with Crippen LogP contribution < -0.4 is 0 Å². The van der Waals surface area contributed by atoms with Gasteiger partial charge in [-0.15, -0.1) is 0 Å².